The van der Waals surface area contributed by atoms with Gasteiger partial charge in [-0.05, 0) is 18.1 Å². The van der Waals surface area contributed by atoms with E-state index in [1.807, 2.05) is 0 Å². The Kier molecular flexibility index (Phi) is 3.41. The second-order valence-corrected chi connectivity index (χ2v) is 3.55. The highest BCUT2D eigenvalue weighted by Gasteiger charge is 2.17. The molecule has 6 heteroatoms. The molecule has 15 heavy (non-hydrogen) atoms. The Morgan fingerprint density at radius 1 is 1.60 bits per heavy atom. The summed E-state index contributed by atoms with van der Waals surface area (Å²) in [5.74, 6) is -1.16. The van der Waals surface area contributed by atoms with Crippen LogP contribution >= 0.6 is 15.9 Å². The van der Waals surface area contributed by atoms with Crippen molar-refractivity contribution in [2.75, 3.05) is 0 Å². The first-order valence-electron chi connectivity index (χ1n) is 4.04. The third kappa shape index (κ3) is 2.33. The highest BCUT2D eigenvalue weighted by molar-refractivity contribution is 9.08. The number of halogens is 1. The van der Waals surface area contributed by atoms with Gasteiger partial charge in [0.1, 0.15) is 0 Å². The number of carboxylic acid groups (broad SMARTS) is 1. The molecule has 0 aliphatic heterocycles. The van der Waals surface area contributed by atoms with E-state index < -0.39 is 10.9 Å². The van der Waals surface area contributed by atoms with E-state index in [0.29, 0.717) is 16.5 Å². The summed E-state index contributed by atoms with van der Waals surface area (Å²) in [6.45, 7) is 1.65. The SMILES string of the molecule is Cc1cc([N+](=O)[O-])cc(C(=O)O)c1CBr. The summed E-state index contributed by atoms with van der Waals surface area (Å²) in [6, 6.07) is 2.44. The van der Waals surface area contributed by atoms with Gasteiger partial charge in [0, 0.05) is 17.5 Å². The molecule has 0 bridgehead atoms. The van der Waals surface area contributed by atoms with Gasteiger partial charge in [-0.1, -0.05) is 15.9 Å². The number of aryl methyl sites for hydroxylation is 1. The van der Waals surface area contributed by atoms with Gasteiger partial charge in [0.2, 0.25) is 0 Å². The summed E-state index contributed by atoms with van der Waals surface area (Å²) in [7, 11) is 0. The lowest BCUT2D eigenvalue weighted by molar-refractivity contribution is -0.384. The van der Waals surface area contributed by atoms with Gasteiger partial charge in [0.05, 0.1) is 10.5 Å². The van der Waals surface area contributed by atoms with E-state index in [4.69, 9.17) is 5.11 Å². The van der Waals surface area contributed by atoms with Gasteiger partial charge in [0.25, 0.3) is 5.69 Å². The summed E-state index contributed by atoms with van der Waals surface area (Å²) >= 11 is 3.16. The van der Waals surface area contributed by atoms with Crippen molar-refractivity contribution in [3.8, 4) is 0 Å². The van der Waals surface area contributed by atoms with E-state index >= 15 is 0 Å². The summed E-state index contributed by atoms with van der Waals surface area (Å²) in [5.41, 5.74) is 0.930. The zero-order chi connectivity index (χ0) is 11.6. The topological polar surface area (TPSA) is 80.4 Å². The maximum absolute atomic E-state index is 10.9. The van der Waals surface area contributed by atoms with Crippen molar-refractivity contribution in [2.45, 2.75) is 12.3 Å². The fraction of sp³-hybridized carbons (Fsp3) is 0.222. The van der Waals surface area contributed by atoms with Crippen LogP contribution in [0.3, 0.4) is 0 Å². The van der Waals surface area contributed by atoms with Gasteiger partial charge in [-0.25, -0.2) is 4.79 Å². The molecule has 1 aromatic rings. The Labute approximate surface area is 94.0 Å². The van der Waals surface area contributed by atoms with Crippen LogP contribution in [0, 0.1) is 17.0 Å². The number of nitro groups is 1. The maximum atomic E-state index is 10.9. The third-order valence-corrected chi connectivity index (χ3v) is 2.59. The molecular formula is C9H8BrNO4. The summed E-state index contributed by atoms with van der Waals surface area (Å²) in [5, 5.41) is 19.8. The van der Waals surface area contributed by atoms with Crippen LogP contribution in [-0.2, 0) is 5.33 Å². The number of non-ortho nitro benzene ring substituents is 1. The van der Waals surface area contributed by atoms with Gasteiger partial charge < -0.3 is 5.11 Å². The van der Waals surface area contributed by atoms with Crippen molar-refractivity contribution in [1.82, 2.24) is 0 Å². The van der Waals surface area contributed by atoms with Crippen molar-refractivity contribution in [3.05, 3.63) is 38.9 Å². The zero-order valence-corrected chi connectivity index (χ0v) is 9.44. The molecule has 0 saturated heterocycles. The highest BCUT2D eigenvalue weighted by Crippen LogP contribution is 2.24. The Morgan fingerprint density at radius 3 is 2.60 bits per heavy atom. The minimum Gasteiger partial charge on any atom is -0.478 e. The van der Waals surface area contributed by atoms with Crippen LogP contribution in [0.4, 0.5) is 5.69 Å². The first-order chi connectivity index (χ1) is 6.97. The Morgan fingerprint density at radius 2 is 2.20 bits per heavy atom. The number of hydrogen-bond donors (Lipinski definition) is 1. The summed E-state index contributed by atoms with van der Waals surface area (Å²) in [6.07, 6.45) is 0. The minimum absolute atomic E-state index is 0.0291. The van der Waals surface area contributed by atoms with Crippen LogP contribution in [0.1, 0.15) is 21.5 Å². The van der Waals surface area contributed by atoms with Crippen molar-refractivity contribution in [1.29, 1.82) is 0 Å². The van der Waals surface area contributed by atoms with Crippen molar-refractivity contribution < 1.29 is 14.8 Å². The minimum atomic E-state index is -1.16. The molecule has 0 heterocycles. The number of alkyl halides is 1. The Bertz CT molecular complexity index is 430. The number of aromatic carboxylic acids is 1. The van der Waals surface area contributed by atoms with Gasteiger partial charge in [-0.15, -0.1) is 0 Å². The summed E-state index contributed by atoms with van der Waals surface area (Å²) < 4.78 is 0. The number of nitrogens with zero attached hydrogens (tertiary/aromatic N) is 1. The maximum Gasteiger partial charge on any atom is 0.336 e. The smallest absolute Gasteiger partial charge is 0.336 e. The lowest BCUT2D eigenvalue weighted by atomic mass is 10.0. The second-order valence-electron chi connectivity index (χ2n) is 2.98. The molecular weight excluding hydrogens is 266 g/mol. The van der Waals surface area contributed by atoms with Crippen LogP contribution in [0.5, 0.6) is 0 Å². The van der Waals surface area contributed by atoms with E-state index in [2.05, 4.69) is 15.9 Å². The van der Waals surface area contributed by atoms with Crippen molar-refractivity contribution in [2.24, 2.45) is 0 Å². The number of carboxylic acids is 1. The molecule has 0 fully saturated rings. The lowest BCUT2D eigenvalue weighted by Gasteiger charge is -2.06. The fourth-order valence-corrected chi connectivity index (χ4v) is 2.02. The van der Waals surface area contributed by atoms with E-state index in [1.165, 1.54) is 6.07 Å². The number of rotatable bonds is 3. The summed E-state index contributed by atoms with van der Waals surface area (Å²) in [4.78, 5) is 20.8. The molecule has 0 aliphatic rings. The molecule has 1 N–H and O–H groups in total. The highest BCUT2D eigenvalue weighted by atomic mass is 79.9. The van der Waals surface area contributed by atoms with Crippen LogP contribution in [-0.4, -0.2) is 16.0 Å². The van der Waals surface area contributed by atoms with Crippen molar-refractivity contribution in [3.63, 3.8) is 0 Å². The first-order valence-corrected chi connectivity index (χ1v) is 5.16. The second kappa shape index (κ2) is 4.39. The molecule has 1 rings (SSSR count). The average Bonchev–Trinajstić information content (AvgIpc) is 2.16. The van der Waals surface area contributed by atoms with Crippen molar-refractivity contribution >= 4 is 27.6 Å². The molecule has 0 aromatic heterocycles. The predicted molar refractivity (Wildman–Crippen MR) is 57.4 cm³/mol. The molecule has 0 radical (unpaired) electrons. The number of carbonyl (C=O) groups is 1. The Hall–Kier alpha value is -1.43. The van der Waals surface area contributed by atoms with E-state index in [1.54, 1.807) is 6.92 Å². The molecule has 5 nitrogen and oxygen atoms in total. The largest absolute Gasteiger partial charge is 0.478 e. The van der Waals surface area contributed by atoms with Crippen LogP contribution in [0.2, 0.25) is 0 Å². The fourth-order valence-electron chi connectivity index (χ4n) is 1.27. The monoisotopic (exact) mass is 273 g/mol. The number of hydrogen-bond acceptors (Lipinski definition) is 3. The van der Waals surface area contributed by atoms with Crippen LogP contribution in [0.25, 0.3) is 0 Å². The zero-order valence-electron chi connectivity index (χ0n) is 7.86. The van der Waals surface area contributed by atoms with Gasteiger partial charge in [-0.3, -0.25) is 10.1 Å². The molecule has 0 aliphatic carbocycles. The van der Waals surface area contributed by atoms with E-state index in [0.717, 1.165) is 6.07 Å². The molecule has 80 valence electrons. The quantitative estimate of drug-likeness (QED) is 0.521. The molecule has 0 amide bonds. The average molecular weight is 274 g/mol. The van der Waals surface area contributed by atoms with E-state index in [-0.39, 0.29) is 11.3 Å². The molecule has 0 unspecified atom stereocenters. The van der Waals surface area contributed by atoms with E-state index in [9.17, 15) is 14.9 Å². The Balaban J connectivity index is 3.45. The lowest BCUT2D eigenvalue weighted by Crippen LogP contribution is -2.04. The standard InChI is InChI=1S/C9H8BrNO4/c1-5-2-6(11(14)15)3-7(9(12)13)8(5)4-10/h2-3H,4H2,1H3,(H,12,13). The molecule has 1 aromatic carbocycles. The first kappa shape index (κ1) is 11.6. The van der Waals surface area contributed by atoms with Crippen LogP contribution in [0.15, 0.2) is 12.1 Å². The molecule has 0 atom stereocenters. The van der Waals surface area contributed by atoms with Gasteiger partial charge in [0.15, 0.2) is 0 Å². The van der Waals surface area contributed by atoms with Crippen LogP contribution < -0.4 is 0 Å². The van der Waals surface area contributed by atoms with Gasteiger partial charge in [-0.2, -0.15) is 0 Å². The number of nitro benzene ring substituents is 1. The third-order valence-electron chi connectivity index (χ3n) is 2.03. The molecule has 0 spiro atoms. The molecule has 0 saturated carbocycles. The normalized spacial score (nSPS) is 10.0. The number of benzene rings is 1. The van der Waals surface area contributed by atoms with Gasteiger partial charge >= 0.3 is 5.97 Å². The predicted octanol–water partition coefficient (Wildman–Crippen LogP) is 2.50.